The summed E-state index contributed by atoms with van der Waals surface area (Å²) in [4.78, 5) is 32.4. The first-order chi connectivity index (χ1) is 7.68. The summed E-state index contributed by atoms with van der Waals surface area (Å²) >= 11 is 0. The molecule has 1 N–H and O–H groups in total. The van der Waals surface area contributed by atoms with E-state index in [1.807, 2.05) is 0 Å². The first-order valence-corrected chi connectivity index (χ1v) is 5.00. The molecule has 1 fully saturated rings. The van der Waals surface area contributed by atoms with Crippen LogP contribution in [0.4, 0.5) is 0 Å². The molecule has 6 nitrogen and oxygen atoms in total. The van der Waals surface area contributed by atoms with E-state index in [0.717, 1.165) is 5.69 Å². The van der Waals surface area contributed by atoms with E-state index in [2.05, 4.69) is 15.3 Å². The number of amides is 2. The van der Waals surface area contributed by atoms with Crippen LogP contribution in [0.1, 0.15) is 12.6 Å². The van der Waals surface area contributed by atoms with Crippen LogP contribution in [-0.4, -0.2) is 39.3 Å². The molecule has 16 heavy (non-hydrogen) atoms. The average Bonchev–Trinajstić information content (AvgIpc) is 2.31. The normalized spacial score (nSPS) is 20.8. The molecule has 0 spiro atoms. The van der Waals surface area contributed by atoms with Crippen molar-refractivity contribution < 1.29 is 9.59 Å². The molecule has 1 atom stereocenters. The van der Waals surface area contributed by atoms with Crippen LogP contribution >= 0.6 is 0 Å². The Morgan fingerprint density at radius 3 is 3.06 bits per heavy atom. The largest absolute Gasteiger partial charge is 0.345 e. The van der Waals surface area contributed by atoms with Gasteiger partial charge >= 0.3 is 0 Å². The third kappa shape index (κ3) is 2.00. The van der Waals surface area contributed by atoms with Crippen LogP contribution in [0.3, 0.4) is 0 Å². The maximum atomic E-state index is 11.6. The molecule has 1 aliphatic rings. The average molecular weight is 220 g/mol. The van der Waals surface area contributed by atoms with Crippen LogP contribution in [0.5, 0.6) is 0 Å². The van der Waals surface area contributed by atoms with Crippen molar-refractivity contribution >= 4 is 11.8 Å². The molecule has 6 heteroatoms. The smallest absolute Gasteiger partial charge is 0.242 e. The van der Waals surface area contributed by atoms with Gasteiger partial charge in [0, 0.05) is 6.20 Å². The van der Waals surface area contributed by atoms with Gasteiger partial charge in [0.1, 0.15) is 12.4 Å². The lowest BCUT2D eigenvalue weighted by Crippen LogP contribution is -2.56. The third-order valence-corrected chi connectivity index (χ3v) is 2.56. The van der Waals surface area contributed by atoms with E-state index in [-0.39, 0.29) is 18.4 Å². The summed E-state index contributed by atoms with van der Waals surface area (Å²) < 4.78 is 0. The van der Waals surface area contributed by atoms with Gasteiger partial charge in [0.15, 0.2) is 0 Å². The lowest BCUT2D eigenvalue weighted by molar-refractivity contribution is -0.145. The van der Waals surface area contributed by atoms with E-state index >= 15 is 0 Å². The molecule has 0 aliphatic carbocycles. The van der Waals surface area contributed by atoms with Crippen LogP contribution in [0.15, 0.2) is 18.6 Å². The molecule has 1 aliphatic heterocycles. The van der Waals surface area contributed by atoms with Crippen molar-refractivity contribution in [2.24, 2.45) is 0 Å². The highest BCUT2D eigenvalue weighted by Gasteiger charge is 2.30. The Morgan fingerprint density at radius 2 is 2.38 bits per heavy atom. The van der Waals surface area contributed by atoms with E-state index in [1.54, 1.807) is 19.2 Å². The summed E-state index contributed by atoms with van der Waals surface area (Å²) in [6.07, 6.45) is 3.04. The quantitative estimate of drug-likeness (QED) is 0.716. The molecule has 1 aromatic rings. The minimum atomic E-state index is -0.448. The molecule has 0 bridgehead atoms. The number of hydrogen-bond donors (Lipinski definition) is 1. The lowest BCUT2D eigenvalue weighted by Gasteiger charge is -2.32. The van der Waals surface area contributed by atoms with Crippen molar-refractivity contribution in [3.8, 4) is 0 Å². The highest BCUT2D eigenvalue weighted by molar-refractivity contribution is 5.94. The Kier molecular flexibility index (Phi) is 2.80. The number of hydrogen-bond acceptors (Lipinski definition) is 4. The summed E-state index contributed by atoms with van der Waals surface area (Å²) in [5, 5.41) is 2.53. The van der Waals surface area contributed by atoms with Crippen molar-refractivity contribution in [2.75, 3.05) is 6.54 Å². The maximum Gasteiger partial charge on any atom is 0.242 e. The molecule has 0 radical (unpaired) electrons. The first-order valence-electron chi connectivity index (χ1n) is 5.00. The predicted molar refractivity (Wildman–Crippen MR) is 55.1 cm³/mol. The standard InChI is InChI=1S/C10H12N4O2/c1-7-10(16)12-4-9(15)14(7)5-8-2-3-11-6-13-8/h2-3,6-7H,4-5H2,1H3,(H,12,16). The fourth-order valence-corrected chi connectivity index (χ4v) is 1.58. The van der Waals surface area contributed by atoms with E-state index in [1.165, 1.54) is 11.2 Å². The van der Waals surface area contributed by atoms with Crippen LogP contribution in [0.25, 0.3) is 0 Å². The number of carbonyl (C=O) groups excluding carboxylic acids is 2. The van der Waals surface area contributed by atoms with E-state index in [9.17, 15) is 9.59 Å². The van der Waals surface area contributed by atoms with Gasteiger partial charge in [0.05, 0.1) is 18.8 Å². The van der Waals surface area contributed by atoms with Crippen LogP contribution in [0, 0.1) is 0 Å². The number of carbonyl (C=O) groups is 2. The zero-order valence-electron chi connectivity index (χ0n) is 8.88. The fraction of sp³-hybridized carbons (Fsp3) is 0.400. The lowest BCUT2D eigenvalue weighted by atomic mass is 10.2. The van der Waals surface area contributed by atoms with E-state index in [0.29, 0.717) is 6.54 Å². The molecule has 2 rings (SSSR count). The van der Waals surface area contributed by atoms with Gasteiger partial charge in [-0.25, -0.2) is 9.97 Å². The second-order valence-electron chi connectivity index (χ2n) is 3.62. The Balaban J connectivity index is 2.13. The molecule has 2 amide bonds. The van der Waals surface area contributed by atoms with E-state index < -0.39 is 6.04 Å². The second kappa shape index (κ2) is 4.26. The van der Waals surface area contributed by atoms with Crippen LogP contribution in [-0.2, 0) is 16.1 Å². The van der Waals surface area contributed by atoms with Gasteiger partial charge in [-0.2, -0.15) is 0 Å². The van der Waals surface area contributed by atoms with Gasteiger partial charge in [-0.05, 0) is 13.0 Å². The highest BCUT2D eigenvalue weighted by Crippen LogP contribution is 2.09. The van der Waals surface area contributed by atoms with Gasteiger partial charge in [0.2, 0.25) is 11.8 Å². The summed E-state index contributed by atoms with van der Waals surface area (Å²) in [6, 6.07) is 1.28. The molecular formula is C10H12N4O2. The summed E-state index contributed by atoms with van der Waals surface area (Å²) in [7, 11) is 0. The number of rotatable bonds is 2. The topological polar surface area (TPSA) is 75.2 Å². The minimum absolute atomic E-state index is 0.0637. The molecular weight excluding hydrogens is 208 g/mol. The van der Waals surface area contributed by atoms with Crippen molar-refractivity contribution in [1.29, 1.82) is 0 Å². The predicted octanol–water partition coefficient (Wildman–Crippen LogP) is -0.677. The van der Waals surface area contributed by atoms with Crippen molar-refractivity contribution in [1.82, 2.24) is 20.2 Å². The van der Waals surface area contributed by atoms with Gasteiger partial charge in [-0.15, -0.1) is 0 Å². The zero-order chi connectivity index (χ0) is 11.5. The summed E-state index contributed by atoms with van der Waals surface area (Å²) in [5.74, 6) is -0.223. The number of nitrogens with one attached hydrogen (secondary N) is 1. The third-order valence-electron chi connectivity index (χ3n) is 2.56. The maximum absolute atomic E-state index is 11.6. The van der Waals surface area contributed by atoms with Crippen LogP contribution in [0.2, 0.25) is 0 Å². The van der Waals surface area contributed by atoms with Gasteiger partial charge in [-0.1, -0.05) is 0 Å². The van der Waals surface area contributed by atoms with Gasteiger partial charge < -0.3 is 10.2 Å². The zero-order valence-corrected chi connectivity index (χ0v) is 8.88. The van der Waals surface area contributed by atoms with Gasteiger partial charge in [0.25, 0.3) is 0 Å². The van der Waals surface area contributed by atoms with Crippen LogP contribution < -0.4 is 5.32 Å². The second-order valence-corrected chi connectivity index (χ2v) is 3.62. The number of aromatic nitrogens is 2. The monoisotopic (exact) mass is 220 g/mol. The minimum Gasteiger partial charge on any atom is -0.345 e. The molecule has 84 valence electrons. The molecule has 2 heterocycles. The fourth-order valence-electron chi connectivity index (χ4n) is 1.58. The number of nitrogens with zero attached hydrogens (tertiary/aromatic N) is 3. The van der Waals surface area contributed by atoms with Crippen molar-refractivity contribution in [3.05, 3.63) is 24.3 Å². The Hall–Kier alpha value is -1.98. The Labute approximate surface area is 92.7 Å². The molecule has 0 saturated carbocycles. The van der Waals surface area contributed by atoms with Crippen molar-refractivity contribution in [2.45, 2.75) is 19.5 Å². The molecule has 1 saturated heterocycles. The van der Waals surface area contributed by atoms with Gasteiger partial charge in [-0.3, -0.25) is 9.59 Å². The number of piperazine rings is 1. The molecule has 1 aromatic heterocycles. The Bertz CT molecular complexity index is 407. The van der Waals surface area contributed by atoms with E-state index in [4.69, 9.17) is 0 Å². The molecule has 1 unspecified atom stereocenters. The Morgan fingerprint density at radius 1 is 1.56 bits per heavy atom. The van der Waals surface area contributed by atoms with Crippen molar-refractivity contribution in [3.63, 3.8) is 0 Å². The SMILES string of the molecule is CC1C(=O)NCC(=O)N1Cc1ccncn1. The highest BCUT2D eigenvalue weighted by atomic mass is 16.2. The summed E-state index contributed by atoms with van der Waals surface area (Å²) in [6.45, 7) is 2.11. The molecule has 0 aromatic carbocycles. The first kappa shape index (κ1) is 10.5. The summed E-state index contributed by atoms with van der Waals surface area (Å²) in [5.41, 5.74) is 0.727.